The molecule has 6 heteroatoms. The van der Waals surface area contributed by atoms with Gasteiger partial charge in [0.1, 0.15) is 0 Å². The normalized spacial score (nSPS) is 12.9. The Hall–Kier alpha value is -2.18. The van der Waals surface area contributed by atoms with Crippen molar-refractivity contribution < 1.29 is 24.5 Å². The fourth-order valence-electron chi connectivity index (χ4n) is 8.97. The summed E-state index contributed by atoms with van der Waals surface area (Å²) in [6.45, 7) is 4.85. The van der Waals surface area contributed by atoms with E-state index in [1.54, 1.807) is 6.08 Å². The van der Waals surface area contributed by atoms with Gasteiger partial charge in [0.2, 0.25) is 5.91 Å². The molecule has 0 bridgehead atoms. The molecule has 0 saturated heterocycles. The first-order valence-corrected chi connectivity index (χ1v) is 29.9. The number of carbonyl (C=O) groups is 2. The summed E-state index contributed by atoms with van der Waals surface area (Å²) in [7, 11) is 0. The third kappa shape index (κ3) is 53.2. The number of nitrogens with one attached hydrogen (secondary N) is 1. The van der Waals surface area contributed by atoms with E-state index in [-0.39, 0.29) is 18.5 Å². The van der Waals surface area contributed by atoms with Gasteiger partial charge in [0.15, 0.2) is 0 Å². The molecule has 0 aromatic heterocycles. The third-order valence-electron chi connectivity index (χ3n) is 13.6. The van der Waals surface area contributed by atoms with E-state index >= 15 is 0 Å². The Morgan fingerprint density at radius 3 is 1.16 bits per heavy atom. The van der Waals surface area contributed by atoms with Gasteiger partial charge in [-0.3, -0.25) is 9.59 Å². The maximum absolute atomic E-state index is 12.4. The van der Waals surface area contributed by atoms with Gasteiger partial charge in [0.05, 0.1) is 25.4 Å². The molecule has 0 aliphatic carbocycles. The van der Waals surface area contributed by atoms with Crippen molar-refractivity contribution in [2.24, 2.45) is 0 Å². The van der Waals surface area contributed by atoms with Crippen LogP contribution < -0.4 is 5.32 Å². The van der Waals surface area contributed by atoms with Crippen LogP contribution in [0.5, 0.6) is 0 Å². The van der Waals surface area contributed by atoms with Gasteiger partial charge in [-0.15, -0.1) is 0 Å². The largest absolute Gasteiger partial charge is 0.466 e. The highest BCUT2D eigenvalue weighted by atomic mass is 16.5. The minimum Gasteiger partial charge on any atom is -0.466 e. The number of esters is 1. The summed E-state index contributed by atoms with van der Waals surface area (Å²) in [5.41, 5.74) is 0. The van der Waals surface area contributed by atoms with Crippen LogP contribution in [0, 0.1) is 0 Å². The van der Waals surface area contributed by atoms with Crippen LogP contribution in [0.4, 0.5) is 0 Å². The number of aliphatic hydroxyl groups excluding tert-OH is 2. The molecule has 0 aromatic carbocycles. The predicted molar refractivity (Wildman–Crippen MR) is 296 cm³/mol. The van der Waals surface area contributed by atoms with Crippen LogP contribution in [0.1, 0.15) is 309 Å². The lowest BCUT2D eigenvalue weighted by atomic mass is 10.0. The molecule has 0 fully saturated rings. The predicted octanol–water partition coefficient (Wildman–Crippen LogP) is 18.6. The summed E-state index contributed by atoms with van der Waals surface area (Å²) in [5, 5.41) is 23.1. The Morgan fingerprint density at radius 1 is 0.412 bits per heavy atom. The summed E-state index contributed by atoms with van der Waals surface area (Å²) >= 11 is 0. The summed E-state index contributed by atoms with van der Waals surface area (Å²) in [4.78, 5) is 24.5. The Morgan fingerprint density at radius 2 is 0.750 bits per heavy atom. The first kappa shape index (κ1) is 65.8. The molecule has 68 heavy (non-hydrogen) atoms. The van der Waals surface area contributed by atoms with Crippen molar-refractivity contribution in [3.63, 3.8) is 0 Å². The van der Waals surface area contributed by atoms with Gasteiger partial charge in [-0.1, -0.05) is 268 Å². The Bertz CT molecular complexity index is 1150. The van der Waals surface area contributed by atoms with Gasteiger partial charge in [0.25, 0.3) is 0 Å². The van der Waals surface area contributed by atoms with Crippen molar-refractivity contribution >= 4 is 11.9 Å². The van der Waals surface area contributed by atoms with Crippen LogP contribution in [0.2, 0.25) is 0 Å². The van der Waals surface area contributed by atoms with E-state index in [9.17, 15) is 19.8 Å². The molecule has 2 unspecified atom stereocenters. The van der Waals surface area contributed by atoms with Crippen LogP contribution in [0.25, 0.3) is 0 Å². The fourth-order valence-corrected chi connectivity index (χ4v) is 8.97. The van der Waals surface area contributed by atoms with Gasteiger partial charge in [-0.05, 0) is 77.0 Å². The molecule has 2 atom stereocenters. The van der Waals surface area contributed by atoms with Crippen LogP contribution in [-0.4, -0.2) is 47.4 Å². The second-order valence-electron chi connectivity index (χ2n) is 20.3. The third-order valence-corrected chi connectivity index (χ3v) is 13.6. The highest BCUT2D eigenvalue weighted by Gasteiger charge is 2.17. The summed E-state index contributed by atoms with van der Waals surface area (Å²) in [6.07, 6.45) is 72.9. The molecule has 1 amide bonds. The van der Waals surface area contributed by atoms with Gasteiger partial charge in [-0.25, -0.2) is 0 Å². The molecule has 0 radical (unpaired) electrons. The number of hydrogen-bond acceptors (Lipinski definition) is 5. The van der Waals surface area contributed by atoms with Crippen molar-refractivity contribution in [2.75, 3.05) is 13.2 Å². The second kappa shape index (κ2) is 57.4. The molecule has 0 aliphatic rings. The molecule has 0 rings (SSSR count). The number of unbranched alkanes of at least 4 members (excludes halogenated alkanes) is 38. The first-order valence-electron chi connectivity index (χ1n) is 29.9. The number of allylic oxidation sites excluding steroid dienone is 7. The smallest absolute Gasteiger partial charge is 0.305 e. The van der Waals surface area contributed by atoms with Crippen molar-refractivity contribution in [3.8, 4) is 0 Å². The first-order chi connectivity index (χ1) is 33.5. The maximum atomic E-state index is 12.4. The maximum Gasteiger partial charge on any atom is 0.305 e. The summed E-state index contributed by atoms with van der Waals surface area (Å²) in [6, 6.07) is -0.673. The van der Waals surface area contributed by atoms with Crippen molar-refractivity contribution in [3.05, 3.63) is 48.6 Å². The fraction of sp³-hybridized carbons (Fsp3) is 0.839. The summed E-state index contributed by atoms with van der Waals surface area (Å²) in [5.74, 6) is -0.166. The van der Waals surface area contributed by atoms with Gasteiger partial charge in [-0.2, -0.15) is 0 Å². The number of carbonyl (C=O) groups excluding carboxylic acids is 2. The van der Waals surface area contributed by atoms with Gasteiger partial charge in [0, 0.05) is 12.8 Å². The molecule has 0 spiro atoms. The molecule has 0 saturated carbocycles. The quantitative estimate of drug-likeness (QED) is 0.0321. The van der Waals surface area contributed by atoms with Gasteiger partial charge >= 0.3 is 5.97 Å². The number of ether oxygens (including phenoxy) is 1. The zero-order chi connectivity index (χ0) is 49.3. The van der Waals surface area contributed by atoms with Crippen molar-refractivity contribution in [1.82, 2.24) is 5.32 Å². The van der Waals surface area contributed by atoms with E-state index in [2.05, 4.69) is 49.5 Å². The highest BCUT2D eigenvalue weighted by molar-refractivity contribution is 5.76. The zero-order valence-corrected chi connectivity index (χ0v) is 45.3. The standard InChI is InChI=1S/C62H115NO5/c1-3-5-7-9-11-13-15-17-19-21-23-25-27-30-34-38-42-46-50-54-60(65)59(58-64)63-61(66)55-51-47-43-39-35-31-29-33-37-41-45-49-53-57-68-62(67)56-52-48-44-40-36-32-28-26-24-22-20-18-16-14-12-10-8-6-4-2/h18,20,31,35,43,47,50,54,59-60,64-65H,3-17,19,21-30,32-34,36-42,44-46,48-49,51-53,55-58H2,1-2H3,(H,63,66)/b20-18-,35-31-,47-43-,54-50+. The van der Waals surface area contributed by atoms with Crippen molar-refractivity contribution in [1.29, 1.82) is 0 Å². The molecule has 0 aromatic rings. The van der Waals surface area contributed by atoms with Crippen LogP contribution >= 0.6 is 0 Å². The Balaban J connectivity index is 3.55. The molecule has 0 aliphatic heterocycles. The number of hydrogen-bond donors (Lipinski definition) is 3. The molecule has 0 heterocycles. The molecule has 3 N–H and O–H groups in total. The Labute approximate surface area is 423 Å². The van der Waals surface area contributed by atoms with Crippen LogP contribution in [0.3, 0.4) is 0 Å². The van der Waals surface area contributed by atoms with Crippen LogP contribution in [-0.2, 0) is 14.3 Å². The number of aliphatic hydroxyl groups is 2. The van der Waals surface area contributed by atoms with E-state index in [4.69, 9.17) is 4.74 Å². The van der Waals surface area contributed by atoms with E-state index in [1.165, 1.54) is 225 Å². The number of amides is 1. The minimum atomic E-state index is -0.881. The SMILES string of the molecule is CCCCCCCC/C=C\CCCCCCCCCCCC(=O)OCCCCCCCC/C=C\C/C=C\CCC(=O)NC(CO)C(O)/C=C/CCCCCCCCCCCCCCCCCCC. The zero-order valence-electron chi connectivity index (χ0n) is 45.3. The monoisotopic (exact) mass is 954 g/mol. The second-order valence-corrected chi connectivity index (χ2v) is 20.3. The minimum absolute atomic E-state index is 0.0190. The van der Waals surface area contributed by atoms with Gasteiger partial charge < -0.3 is 20.3 Å². The molecular weight excluding hydrogens is 839 g/mol. The topological polar surface area (TPSA) is 95.9 Å². The van der Waals surface area contributed by atoms with E-state index in [0.29, 0.717) is 25.9 Å². The Kier molecular flexibility index (Phi) is 55.6. The lowest BCUT2D eigenvalue weighted by molar-refractivity contribution is -0.143. The molecule has 6 nitrogen and oxygen atoms in total. The van der Waals surface area contributed by atoms with Crippen LogP contribution in [0.15, 0.2) is 48.6 Å². The lowest BCUT2D eigenvalue weighted by Crippen LogP contribution is -2.45. The average Bonchev–Trinajstić information content (AvgIpc) is 3.34. The number of rotatable bonds is 55. The van der Waals surface area contributed by atoms with E-state index in [1.807, 2.05) is 12.2 Å². The lowest BCUT2D eigenvalue weighted by Gasteiger charge is -2.19. The molecule has 398 valence electrons. The molecular formula is C62H115NO5. The average molecular weight is 955 g/mol. The highest BCUT2D eigenvalue weighted by Crippen LogP contribution is 2.16. The summed E-state index contributed by atoms with van der Waals surface area (Å²) < 4.78 is 5.47. The van der Waals surface area contributed by atoms with E-state index < -0.39 is 12.1 Å². The van der Waals surface area contributed by atoms with Crippen molar-refractivity contribution in [2.45, 2.75) is 321 Å². The van der Waals surface area contributed by atoms with E-state index in [0.717, 1.165) is 51.4 Å².